The third-order valence-electron chi connectivity index (χ3n) is 2.71. The Morgan fingerprint density at radius 3 is 3.00 bits per heavy atom. The SMILES string of the molecule is CN1CC=C(CCO)c2cc(Cl)ccc21. The lowest BCUT2D eigenvalue weighted by Gasteiger charge is -2.27. The normalized spacial score (nSPS) is 14.9. The van der Waals surface area contributed by atoms with E-state index in [1.54, 1.807) is 0 Å². The van der Waals surface area contributed by atoms with Gasteiger partial charge in [0.05, 0.1) is 0 Å². The predicted octanol–water partition coefficient (Wildman–Crippen LogP) is 2.56. The molecule has 0 spiro atoms. The quantitative estimate of drug-likeness (QED) is 0.833. The number of nitrogens with zero attached hydrogens (tertiary/aromatic N) is 1. The fourth-order valence-corrected chi connectivity index (χ4v) is 2.08. The van der Waals surface area contributed by atoms with Crippen LogP contribution in [0.5, 0.6) is 0 Å². The summed E-state index contributed by atoms with van der Waals surface area (Å²) in [6, 6.07) is 5.90. The van der Waals surface area contributed by atoms with Gasteiger partial charge in [-0.1, -0.05) is 17.7 Å². The number of rotatable bonds is 2. The van der Waals surface area contributed by atoms with E-state index in [0.717, 1.165) is 17.1 Å². The topological polar surface area (TPSA) is 23.5 Å². The van der Waals surface area contributed by atoms with Crippen molar-refractivity contribution in [1.29, 1.82) is 0 Å². The number of benzene rings is 1. The lowest BCUT2D eigenvalue weighted by atomic mass is 9.97. The van der Waals surface area contributed by atoms with E-state index in [-0.39, 0.29) is 6.61 Å². The van der Waals surface area contributed by atoms with Crippen molar-refractivity contribution in [1.82, 2.24) is 0 Å². The van der Waals surface area contributed by atoms with Crippen LogP contribution in [0.1, 0.15) is 12.0 Å². The van der Waals surface area contributed by atoms with Crippen LogP contribution in [0, 0.1) is 0 Å². The third kappa shape index (κ3) is 2.01. The monoisotopic (exact) mass is 223 g/mol. The predicted molar refractivity (Wildman–Crippen MR) is 64.4 cm³/mol. The molecule has 2 nitrogen and oxygen atoms in total. The van der Waals surface area contributed by atoms with Gasteiger partial charge in [-0.25, -0.2) is 0 Å². The highest BCUT2D eigenvalue weighted by molar-refractivity contribution is 6.30. The molecule has 1 aliphatic rings. The molecule has 0 radical (unpaired) electrons. The van der Waals surface area contributed by atoms with Crippen molar-refractivity contribution in [3.8, 4) is 0 Å². The van der Waals surface area contributed by atoms with Crippen LogP contribution in [0.3, 0.4) is 0 Å². The van der Waals surface area contributed by atoms with Crippen molar-refractivity contribution < 1.29 is 5.11 Å². The van der Waals surface area contributed by atoms with Gasteiger partial charge in [-0.2, -0.15) is 0 Å². The Morgan fingerprint density at radius 2 is 2.27 bits per heavy atom. The van der Waals surface area contributed by atoms with Crippen LogP contribution in [-0.2, 0) is 0 Å². The first kappa shape index (κ1) is 10.5. The maximum absolute atomic E-state index is 8.99. The summed E-state index contributed by atoms with van der Waals surface area (Å²) in [6.07, 6.45) is 2.84. The van der Waals surface area contributed by atoms with E-state index in [1.165, 1.54) is 11.3 Å². The minimum absolute atomic E-state index is 0.182. The maximum Gasteiger partial charge on any atom is 0.0471 e. The van der Waals surface area contributed by atoms with Crippen molar-refractivity contribution in [2.45, 2.75) is 6.42 Å². The number of aliphatic hydroxyl groups excluding tert-OH is 1. The molecule has 0 saturated carbocycles. The molecule has 1 heterocycles. The molecule has 1 aliphatic heterocycles. The van der Waals surface area contributed by atoms with Gasteiger partial charge in [-0.05, 0) is 30.2 Å². The summed E-state index contributed by atoms with van der Waals surface area (Å²) in [7, 11) is 2.05. The van der Waals surface area contributed by atoms with Crippen LogP contribution in [0.4, 0.5) is 5.69 Å². The Labute approximate surface area is 94.8 Å². The van der Waals surface area contributed by atoms with Crippen LogP contribution in [-0.4, -0.2) is 25.3 Å². The first-order valence-corrected chi connectivity index (χ1v) is 5.41. The zero-order valence-electron chi connectivity index (χ0n) is 8.70. The molecule has 1 aromatic rings. The van der Waals surface area contributed by atoms with Gasteiger partial charge in [0.15, 0.2) is 0 Å². The number of halogens is 1. The lowest BCUT2D eigenvalue weighted by molar-refractivity contribution is 0.305. The number of likely N-dealkylation sites (N-methyl/N-ethyl adjacent to an activating group) is 1. The molecule has 0 amide bonds. The molecule has 0 aliphatic carbocycles. The van der Waals surface area contributed by atoms with E-state index in [1.807, 2.05) is 18.2 Å². The largest absolute Gasteiger partial charge is 0.396 e. The zero-order valence-corrected chi connectivity index (χ0v) is 9.46. The molecule has 0 unspecified atom stereocenters. The van der Waals surface area contributed by atoms with Crippen molar-refractivity contribution in [2.24, 2.45) is 0 Å². The van der Waals surface area contributed by atoms with Gasteiger partial charge in [0, 0.05) is 36.5 Å². The highest BCUT2D eigenvalue weighted by atomic mass is 35.5. The Kier molecular flexibility index (Phi) is 2.98. The molecule has 2 rings (SSSR count). The second-order valence-electron chi connectivity index (χ2n) is 3.74. The molecule has 15 heavy (non-hydrogen) atoms. The maximum atomic E-state index is 8.99. The number of hydrogen-bond donors (Lipinski definition) is 1. The summed E-state index contributed by atoms with van der Waals surface area (Å²) < 4.78 is 0. The summed E-state index contributed by atoms with van der Waals surface area (Å²) in [5.41, 5.74) is 3.52. The average Bonchev–Trinajstić information content (AvgIpc) is 2.22. The van der Waals surface area contributed by atoms with Gasteiger partial charge in [0.25, 0.3) is 0 Å². The Hall–Kier alpha value is -0.990. The van der Waals surface area contributed by atoms with Crippen LogP contribution in [0.15, 0.2) is 24.3 Å². The summed E-state index contributed by atoms with van der Waals surface area (Å²) in [5.74, 6) is 0. The van der Waals surface area contributed by atoms with Crippen LogP contribution >= 0.6 is 11.6 Å². The van der Waals surface area contributed by atoms with Gasteiger partial charge < -0.3 is 10.0 Å². The van der Waals surface area contributed by atoms with E-state index in [2.05, 4.69) is 18.0 Å². The lowest BCUT2D eigenvalue weighted by Crippen LogP contribution is -2.22. The number of fused-ring (bicyclic) bond motifs is 1. The molecule has 1 aromatic carbocycles. The first-order chi connectivity index (χ1) is 7.22. The van der Waals surface area contributed by atoms with Gasteiger partial charge >= 0.3 is 0 Å². The van der Waals surface area contributed by atoms with Crippen molar-refractivity contribution in [2.75, 3.05) is 25.1 Å². The summed E-state index contributed by atoms with van der Waals surface area (Å²) in [6.45, 7) is 1.07. The molecular formula is C12H14ClNO. The highest BCUT2D eigenvalue weighted by Gasteiger charge is 2.15. The molecule has 0 saturated heterocycles. The molecule has 0 atom stereocenters. The van der Waals surface area contributed by atoms with Crippen LogP contribution < -0.4 is 4.90 Å². The second kappa shape index (κ2) is 4.25. The zero-order chi connectivity index (χ0) is 10.8. The number of hydrogen-bond acceptors (Lipinski definition) is 2. The molecular weight excluding hydrogens is 210 g/mol. The highest BCUT2D eigenvalue weighted by Crippen LogP contribution is 2.34. The number of anilines is 1. The second-order valence-corrected chi connectivity index (χ2v) is 4.18. The van der Waals surface area contributed by atoms with Gasteiger partial charge in [-0.3, -0.25) is 0 Å². The van der Waals surface area contributed by atoms with Gasteiger partial charge in [0.2, 0.25) is 0 Å². The minimum Gasteiger partial charge on any atom is -0.396 e. The van der Waals surface area contributed by atoms with Crippen LogP contribution in [0.2, 0.25) is 5.02 Å². The van der Waals surface area contributed by atoms with E-state index in [9.17, 15) is 0 Å². The molecule has 3 heteroatoms. The van der Waals surface area contributed by atoms with Gasteiger partial charge in [-0.15, -0.1) is 0 Å². The van der Waals surface area contributed by atoms with E-state index >= 15 is 0 Å². The third-order valence-corrected chi connectivity index (χ3v) is 2.94. The van der Waals surface area contributed by atoms with Crippen molar-refractivity contribution in [3.63, 3.8) is 0 Å². The van der Waals surface area contributed by atoms with Crippen LogP contribution in [0.25, 0.3) is 5.57 Å². The molecule has 0 aromatic heterocycles. The van der Waals surface area contributed by atoms with E-state index in [4.69, 9.17) is 16.7 Å². The smallest absolute Gasteiger partial charge is 0.0471 e. The Bertz CT molecular complexity index is 401. The minimum atomic E-state index is 0.182. The molecule has 1 N–H and O–H groups in total. The van der Waals surface area contributed by atoms with Crippen molar-refractivity contribution in [3.05, 3.63) is 34.9 Å². The molecule has 80 valence electrons. The molecule has 0 fully saturated rings. The first-order valence-electron chi connectivity index (χ1n) is 5.03. The standard InChI is InChI=1S/C12H14ClNO/c1-14-6-4-9(5-7-15)11-8-10(13)2-3-12(11)14/h2-4,8,15H,5-7H2,1H3. The fourth-order valence-electron chi connectivity index (χ4n) is 1.91. The fraction of sp³-hybridized carbons (Fsp3) is 0.333. The summed E-state index contributed by atoms with van der Waals surface area (Å²) >= 11 is 5.98. The Morgan fingerprint density at radius 1 is 1.47 bits per heavy atom. The van der Waals surface area contributed by atoms with Crippen molar-refractivity contribution >= 4 is 22.9 Å². The number of aliphatic hydroxyl groups is 1. The summed E-state index contributed by atoms with van der Waals surface area (Å²) in [4.78, 5) is 2.17. The van der Waals surface area contributed by atoms with Gasteiger partial charge in [0.1, 0.15) is 0 Å². The Balaban J connectivity index is 2.45. The van der Waals surface area contributed by atoms with E-state index < -0.39 is 0 Å². The molecule has 0 bridgehead atoms. The average molecular weight is 224 g/mol. The van der Waals surface area contributed by atoms with E-state index in [0.29, 0.717) is 6.42 Å². The summed E-state index contributed by atoms with van der Waals surface area (Å²) in [5, 5.41) is 9.74.